The van der Waals surface area contributed by atoms with Gasteiger partial charge in [0.15, 0.2) is 0 Å². The molecule has 2 rings (SSSR count). The van der Waals surface area contributed by atoms with E-state index in [9.17, 15) is 4.79 Å². The number of nitrogens with one attached hydrogen (secondary N) is 1. The van der Waals surface area contributed by atoms with E-state index in [4.69, 9.17) is 4.74 Å². The minimum atomic E-state index is -0.0573. The zero-order chi connectivity index (χ0) is 14.7. The summed E-state index contributed by atoms with van der Waals surface area (Å²) in [7, 11) is 3.49. The Balaban J connectivity index is 2.09. The van der Waals surface area contributed by atoms with Gasteiger partial charge in [-0.3, -0.25) is 4.79 Å². The highest BCUT2D eigenvalue weighted by atomic mass is 79.9. The van der Waals surface area contributed by atoms with Gasteiger partial charge in [-0.2, -0.15) is 0 Å². The molecule has 2 unspecified atom stereocenters. The van der Waals surface area contributed by atoms with E-state index in [0.717, 1.165) is 28.8 Å². The van der Waals surface area contributed by atoms with E-state index in [1.807, 2.05) is 25.2 Å². The van der Waals surface area contributed by atoms with E-state index in [2.05, 4.69) is 28.2 Å². The third-order valence-electron chi connectivity index (χ3n) is 3.83. The summed E-state index contributed by atoms with van der Waals surface area (Å²) in [6.45, 7) is 3.59. The molecule has 0 aromatic heterocycles. The van der Waals surface area contributed by atoms with Crippen LogP contribution in [-0.2, 0) is 11.3 Å². The zero-order valence-corrected chi connectivity index (χ0v) is 13.7. The number of hydrogen-bond donors (Lipinski definition) is 1. The van der Waals surface area contributed by atoms with Crippen LogP contribution < -0.4 is 10.1 Å². The largest absolute Gasteiger partial charge is 0.496 e. The number of carbonyl (C=O) groups is 1. The quantitative estimate of drug-likeness (QED) is 0.915. The number of hydrogen-bond acceptors (Lipinski definition) is 3. The maximum atomic E-state index is 12.5. The van der Waals surface area contributed by atoms with Crippen molar-refractivity contribution in [3.05, 3.63) is 28.2 Å². The third kappa shape index (κ3) is 3.33. The second-order valence-electron chi connectivity index (χ2n) is 5.35. The second kappa shape index (κ2) is 6.59. The van der Waals surface area contributed by atoms with Crippen LogP contribution in [0.5, 0.6) is 5.75 Å². The van der Waals surface area contributed by atoms with Crippen molar-refractivity contribution >= 4 is 21.8 Å². The Morgan fingerprint density at radius 1 is 1.55 bits per heavy atom. The van der Waals surface area contributed by atoms with Crippen LogP contribution in [0.4, 0.5) is 0 Å². The molecule has 1 saturated heterocycles. The first-order chi connectivity index (χ1) is 9.52. The summed E-state index contributed by atoms with van der Waals surface area (Å²) in [6.07, 6.45) is 1.06. The number of rotatable bonds is 4. The highest BCUT2D eigenvalue weighted by Crippen LogP contribution is 2.25. The molecular formula is C15H21BrN2O2. The molecule has 110 valence electrons. The predicted octanol–water partition coefficient (Wildman–Crippen LogP) is 2.41. The minimum Gasteiger partial charge on any atom is -0.496 e. The van der Waals surface area contributed by atoms with E-state index < -0.39 is 0 Å². The standard InChI is InChI=1S/C15H21BrN2O2/c1-10-6-7-17-14(10)15(19)18(2)9-11-8-12(16)4-5-13(11)20-3/h4-5,8,10,14,17H,6-7,9H2,1-3H3. The number of amides is 1. The first kappa shape index (κ1) is 15.3. The lowest BCUT2D eigenvalue weighted by Gasteiger charge is -2.24. The Labute approximate surface area is 128 Å². The number of carbonyl (C=O) groups excluding carboxylic acids is 1. The first-order valence-corrected chi connectivity index (χ1v) is 7.63. The number of methoxy groups -OCH3 is 1. The van der Waals surface area contributed by atoms with E-state index >= 15 is 0 Å². The molecule has 1 N–H and O–H groups in total. The minimum absolute atomic E-state index is 0.0573. The van der Waals surface area contributed by atoms with Gasteiger partial charge in [-0.05, 0) is 37.1 Å². The van der Waals surface area contributed by atoms with E-state index in [0.29, 0.717) is 12.5 Å². The lowest BCUT2D eigenvalue weighted by molar-refractivity contribution is -0.133. The van der Waals surface area contributed by atoms with Gasteiger partial charge in [-0.25, -0.2) is 0 Å². The van der Waals surface area contributed by atoms with Crippen molar-refractivity contribution in [1.82, 2.24) is 10.2 Å². The average Bonchev–Trinajstić information content (AvgIpc) is 2.84. The van der Waals surface area contributed by atoms with Crippen molar-refractivity contribution in [2.45, 2.75) is 25.9 Å². The Morgan fingerprint density at radius 3 is 2.90 bits per heavy atom. The molecule has 4 nitrogen and oxygen atoms in total. The molecule has 5 heteroatoms. The van der Waals surface area contributed by atoms with Crippen LogP contribution in [0, 0.1) is 5.92 Å². The van der Waals surface area contributed by atoms with Crippen LogP contribution >= 0.6 is 15.9 Å². The van der Waals surface area contributed by atoms with Crippen molar-refractivity contribution in [2.75, 3.05) is 20.7 Å². The van der Waals surface area contributed by atoms with Gasteiger partial charge in [0.1, 0.15) is 5.75 Å². The predicted molar refractivity (Wildman–Crippen MR) is 82.7 cm³/mol. The smallest absolute Gasteiger partial charge is 0.240 e. The van der Waals surface area contributed by atoms with E-state index in [1.165, 1.54) is 0 Å². The molecule has 1 heterocycles. The van der Waals surface area contributed by atoms with Crippen molar-refractivity contribution in [3.63, 3.8) is 0 Å². The molecule has 1 fully saturated rings. The molecule has 0 aliphatic carbocycles. The Hall–Kier alpha value is -1.07. The van der Waals surface area contributed by atoms with Gasteiger partial charge in [0.05, 0.1) is 13.2 Å². The van der Waals surface area contributed by atoms with E-state index in [1.54, 1.807) is 12.0 Å². The second-order valence-corrected chi connectivity index (χ2v) is 6.26. The molecule has 20 heavy (non-hydrogen) atoms. The summed E-state index contributed by atoms with van der Waals surface area (Å²) >= 11 is 3.46. The molecule has 1 aromatic rings. The Morgan fingerprint density at radius 2 is 2.30 bits per heavy atom. The van der Waals surface area contributed by atoms with Gasteiger partial charge < -0.3 is 15.0 Å². The number of nitrogens with zero attached hydrogens (tertiary/aromatic N) is 1. The van der Waals surface area contributed by atoms with Crippen molar-refractivity contribution in [3.8, 4) is 5.75 Å². The highest BCUT2D eigenvalue weighted by Gasteiger charge is 2.31. The molecule has 0 spiro atoms. The maximum absolute atomic E-state index is 12.5. The molecular weight excluding hydrogens is 320 g/mol. The van der Waals surface area contributed by atoms with Gasteiger partial charge in [0, 0.05) is 23.6 Å². The normalized spacial score (nSPS) is 21.8. The summed E-state index contributed by atoms with van der Waals surface area (Å²) in [6, 6.07) is 5.78. The lowest BCUT2D eigenvalue weighted by Crippen LogP contribution is -2.43. The fourth-order valence-corrected chi connectivity index (χ4v) is 3.02. The zero-order valence-electron chi connectivity index (χ0n) is 12.1. The van der Waals surface area contributed by atoms with Crippen LogP contribution in [0.25, 0.3) is 0 Å². The number of likely N-dealkylation sites (N-methyl/N-ethyl adjacent to an activating group) is 1. The summed E-state index contributed by atoms with van der Waals surface area (Å²) in [4.78, 5) is 14.2. The monoisotopic (exact) mass is 340 g/mol. The van der Waals surface area contributed by atoms with Crippen LogP contribution in [0.2, 0.25) is 0 Å². The number of halogens is 1. The third-order valence-corrected chi connectivity index (χ3v) is 4.32. The summed E-state index contributed by atoms with van der Waals surface area (Å²) in [5.74, 6) is 1.35. The van der Waals surface area contributed by atoms with E-state index in [-0.39, 0.29) is 11.9 Å². The maximum Gasteiger partial charge on any atom is 0.240 e. The van der Waals surface area contributed by atoms with Gasteiger partial charge in [0.2, 0.25) is 5.91 Å². The van der Waals surface area contributed by atoms with Gasteiger partial charge >= 0.3 is 0 Å². The fourth-order valence-electron chi connectivity index (χ4n) is 2.61. The fraction of sp³-hybridized carbons (Fsp3) is 0.533. The van der Waals surface area contributed by atoms with Gasteiger partial charge in [-0.15, -0.1) is 0 Å². The first-order valence-electron chi connectivity index (χ1n) is 6.83. The molecule has 0 saturated carbocycles. The molecule has 1 aliphatic rings. The average molecular weight is 341 g/mol. The Kier molecular flexibility index (Phi) is 5.05. The number of ether oxygens (including phenoxy) is 1. The van der Waals surface area contributed by atoms with Crippen molar-refractivity contribution in [1.29, 1.82) is 0 Å². The molecule has 1 amide bonds. The molecule has 1 aromatic carbocycles. The van der Waals surface area contributed by atoms with Gasteiger partial charge in [0.25, 0.3) is 0 Å². The van der Waals surface area contributed by atoms with Crippen LogP contribution in [-0.4, -0.2) is 37.6 Å². The molecule has 1 aliphatic heterocycles. The van der Waals surface area contributed by atoms with Crippen molar-refractivity contribution in [2.24, 2.45) is 5.92 Å². The highest BCUT2D eigenvalue weighted by molar-refractivity contribution is 9.10. The molecule has 0 bridgehead atoms. The summed E-state index contributed by atoms with van der Waals surface area (Å²) in [5, 5.41) is 3.28. The summed E-state index contributed by atoms with van der Waals surface area (Å²) in [5.41, 5.74) is 1.00. The Bertz CT molecular complexity index is 493. The van der Waals surface area contributed by atoms with Crippen LogP contribution in [0.3, 0.4) is 0 Å². The molecule has 0 radical (unpaired) electrons. The van der Waals surface area contributed by atoms with Crippen molar-refractivity contribution < 1.29 is 9.53 Å². The van der Waals surface area contributed by atoms with Crippen LogP contribution in [0.15, 0.2) is 22.7 Å². The van der Waals surface area contributed by atoms with Gasteiger partial charge in [-0.1, -0.05) is 22.9 Å². The summed E-state index contributed by atoms with van der Waals surface area (Å²) < 4.78 is 6.34. The van der Waals surface area contributed by atoms with Crippen LogP contribution in [0.1, 0.15) is 18.9 Å². The lowest BCUT2D eigenvalue weighted by atomic mass is 10.0. The molecule has 2 atom stereocenters. The SMILES string of the molecule is COc1ccc(Br)cc1CN(C)C(=O)C1NCCC1C. The number of benzene rings is 1. The topological polar surface area (TPSA) is 41.6 Å².